The zero-order chi connectivity index (χ0) is 38.8. The van der Waals surface area contributed by atoms with Crippen molar-refractivity contribution in [3.63, 3.8) is 0 Å². The summed E-state index contributed by atoms with van der Waals surface area (Å²) < 4.78 is 36.7. The molecule has 11 atom stereocenters. The lowest BCUT2D eigenvalue weighted by atomic mass is 9.94. The quantitative estimate of drug-likeness (QED) is 0.231. The number of nitrogens with zero attached hydrogens (tertiary/aromatic N) is 2. The fourth-order valence-electron chi connectivity index (χ4n) is 11.2. The SMILES string of the molecule is Cc1ccc(S(=O)(=O)OC2CC3C(=O)N4C(CO[C@H]4c4ccccc4)[C@H]3C2)cc1.Cl.OCC1NCC2CCC[C@@H]21.OCC1[C@H]2CCCC2CN1Cc1ccccc1. The van der Waals surface area contributed by atoms with Gasteiger partial charge in [-0.15, -0.1) is 12.4 Å². The maximum absolute atomic E-state index is 13.1. The monoisotopic (exact) mass is 821 g/mol. The molecule has 0 bridgehead atoms. The minimum atomic E-state index is -3.84. The number of hydrogen-bond acceptors (Lipinski definition) is 9. The average Bonchev–Trinajstić information content (AvgIpc) is 4.06. The summed E-state index contributed by atoms with van der Waals surface area (Å²) in [5.41, 5.74) is 3.32. The van der Waals surface area contributed by atoms with Gasteiger partial charge < -0.3 is 25.2 Å². The Kier molecular flexibility index (Phi) is 13.8. The Morgan fingerprint density at radius 2 is 1.51 bits per heavy atom. The van der Waals surface area contributed by atoms with Crippen molar-refractivity contribution in [3.05, 3.63) is 102 Å². The van der Waals surface area contributed by atoms with Crippen molar-refractivity contribution in [3.8, 4) is 0 Å². The summed E-state index contributed by atoms with van der Waals surface area (Å²) >= 11 is 0. The van der Waals surface area contributed by atoms with Crippen LogP contribution in [-0.2, 0) is 30.4 Å². The average molecular weight is 823 g/mol. The van der Waals surface area contributed by atoms with Crippen molar-refractivity contribution in [2.75, 3.05) is 32.9 Å². The summed E-state index contributed by atoms with van der Waals surface area (Å²) in [6.45, 7) is 6.37. The standard InChI is InChI=1S/C22H23NO5S.C15H21NO.C8H15NO.ClH/c1-14-7-9-17(10-8-14)29(25,26)28-16-11-18-19(12-16)21(24)23-20(18)13-27-22(23)15-5-3-2-4-6-15;17-11-15-14-8-4-7-13(14)10-16(15)9-12-5-2-1-3-6-12;10-5-8-7-3-1-2-6(7)4-9-8;/h2-10,16,18-20,22H,11-13H2,1H3;1-3,5-6,13-15,17H,4,7-11H2;6-10H,1-5H2;1H/t16?,18-,19?,20?,22-;13?,14-,15?;6?,7-,8?;/m000./s1. The molecule has 0 radical (unpaired) electrons. The third kappa shape index (κ3) is 9.01. The van der Waals surface area contributed by atoms with Crippen molar-refractivity contribution < 1.29 is 32.3 Å². The van der Waals surface area contributed by atoms with Crippen LogP contribution < -0.4 is 5.32 Å². The molecule has 4 saturated heterocycles. The molecule has 3 saturated carbocycles. The number of hydrogen-bond donors (Lipinski definition) is 3. The molecule has 3 aliphatic carbocycles. The molecule has 12 heteroatoms. The van der Waals surface area contributed by atoms with Gasteiger partial charge in [0.2, 0.25) is 5.91 Å². The highest BCUT2D eigenvalue weighted by atomic mass is 35.5. The van der Waals surface area contributed by atoms with Crippen LogP contribution in [0.3, 0.4) is 0 Å². The fraction of sp³-hybridized carbons (Fsp3) is 0.578. The minimum absolute atomic E-state index is 0. The highest BCUT2D eigenvalue weighted by Gasteiger charge is 2.58. The molecule has 4 aliphatic heterocycles. The van der Waals surface area contributed by atoms with E-state index in [4.69, 9.17) is 14.0 Å². The third-order valence-corrected chi connectivity index (χ3v) is 15.3. The smallest absolute Gasteiger partial charge is 0.297 e. The minimum Gasteiger partial charge on any atom is -0.395 e. The molecule has 3 aromatic carbocycles. The van der Waals surface area contributed by atoms with Crippen molar-refractivity contribution in [1.82, 2.24) is 15.1 Å². The summed E-state index contributed by atoms with van der Waals surface area (Å²) in [5.74, 6) is 3.19. The predicted molar refractivity (Wildman–Crippen MR) is 221 cm³/mol. The van der Waals surface area contributed by atoms with Crippen LogP contribution in [0.5, 0.6) is 0 Å². The first-order valence-corrected chi connectivity index (χ1v) is 22.4. The second-order valence-electron chi connectivity index (χ2n) is 17.2. The first-order chi connectivity index (χ1) is 27.2. The summed E-state index contributed by atoms with van der Waals surface area (Å²) in [6, 6.07) is 27.8. The largest absolute Gasteiger partial charge is 0.395 e. The molecule has 0 aromatic heterocycles. The van der Waals surface area contributed by atoms with Gasteiger partial charge >= 0.3 is 0 Å². The van der Waals surface area contributed by atoms with E-state index in [2.05, 4.69) is 40.5 Å². The second-order valence-corrected chi connectivity index (χ2v) is 18.8. The van der Waals surface area contributed by atoms with Gasteiger partial charge in [0.1, 0.15) is 0 Å². The Balaban J connectivity index is 0.000000149. The fourth-order valence-corrected chi connectivity index (χ4v) is 12.3. The van der Waals surface area contributed by atoms with Crippen LogP contribution in [0.1, 0.15) is 74.3 Å². The molecule has 4 heterocycles. The molecule has 57 heavy (non-hydrogen) atoms. The van der Waals surface area contributed by atoms with Crippen molar-refractivity contribution in [2.45, 2.75) is 100 Å². The van der Waals surface area contributed by atoms with Gasteiger partial charge in [0, 0.05) is 36.7 Å². The molecule has 3 aromatic rings. The van der Waals surface area contributed by atoms with E-state index >= 15 is 0 Å². The number of ether oxygens (including phenoxy) is 1. The van der Waals surface area contributed by atoms with Crippen molar-refractivity contribution >= 4 is 28.4 Å². The van der Waals surface area contributed by atoms with E-state index in [0.717, 1.165) is 47.9 Å². The van der Waals surface area contributed by atoms with Gasteiger partial charge in [-0.3, -0.25) is 13.9 Å². The van der Waals surface area contributed by atoms with Crippen molar-refractivity contribution in [1.29, 1.82) is 0 Å². The Morgan fingerprint density at radius 1 is 0.825 bits per heavy atom. The van der Waals surface area contributed by atoms with Crippen LogP contribution >= 0.6 is 12.4 Å². The first-order valence-electron chi connectivity index (χ1n) is 21.0. The summed E-state index contributed by atoms with van der Waals surface area (Å²) in [6.07, 6.45) is 8.31. The molecule has 7 fully saturated rings. The Labute approximate surface area is 344 Å². The molecule has 10 rings (SSSR count). The van der Waals surface area contributed by atoms with Crippen molar-refractivity contribution in [2.24, 2.45) is 35.5 Å². The zero-order valence-electron chi connectivity index (χ0n) is 33.0. The summed E-state index contributed by atoms with van der Waals surface area (Å²) in [7, 11) is -3.84. The van der Waals surface area contributed by atoms with E-state index in [1.54, 1.807) is 24.3 Å². The third-order valence-electron chi connectivity index (χ3n) is 14.0. The number of amides is 1. The normalized spacial score (nSPS) is 33.7. The van der Waals surface area contributed by atoms with Gasteiger partial charge in [0.25, 0.3) is 10.1 Å². The highest BCUT2D eigenvalue weighted by Crippen LogP contribution is 2.51. The van der Waals surface area contributed by atoms with Crippen LogP contribution in [0.15, 0.2) is 89.8 Å². The lowest BCUT2D eigenvalue weighted by Crippen LogP contribution is -2.35. The second kappa shape index (κ2) is 18.6. The molecular formula is C45H60ClN3O7S. The topological polar surface area (TPSA) is 129 Å². The predicted octanol–water partition coefficient (Wildman–Crippen LogP) is 6.10. The van der Waals surface area contributed by atoms with E-state index < -0.39 is 16.2 Å². The lowest BCUT2D eigenvalue weighted by Gasteiger charge is -2.26. The number of aliphatic hydroxyl groups excluding tert-OH is 2. The van der Waals surface area contributed by atoms with E-state index in [0.29, 0.717) is 44.7 Å². The number of carbonyl (C=O) groups excluding carboxylic acids is 1. The first kappa shape index (κ1) is 42.3. The number of carbonyl (C=O) groups is 1. The van der Waals surface area contributed by atoms with E-state index in [1.807, 2.05) is 42.2 Å². The molecule has 310 valence electrons. The number of likely N-dealkylation sites (tertiary alicyclic amines) is 1. The van der Waals surface area contributed by atoms with Gasteiger partial charge in [0.05, 0.1) is 36.9 Å². The van der Waals surface area contributed by atoms with Gasteiger partial charge in [0.15, 0.2) is 6.23 Å². The molecule has 7 aliphatic rings. The number of nitrogens with one attached hydrogen (secondary N) is 1. The number of benzene rings is 3. The maximum atomic E-state index is 13.1. The maximum Gasteiger partial charge on any atom is 0.297 e. The molecule has 3 N–H and O–H groups in total. The lowest BCUT2D eigenvalue weighted by molar-refractivity contribution is -0.137. The van der Waals surface area contributed by atoms with Crippen LogP contribution in [-0.4, -0.2) is 91.5 Å². The number of aliphatic hydroxyl groups is 2. The molecule has 0 spiro atoms. The molecule has 10 nitrogen and oxygen atoms in total. The molecule has 1 amide bonds. The van der Waals surface area contributed by atoms with Gasteiger partial charge in [-0.1, -0.05) is 91.2 Å². The number of aryl methyl sites for hydroxylation is 1. The van der Waals surface area contributed by atoms with E-state index in [-0.39, 0.29) is 47.3 Å². The number of rotatable bonds is 8. The van der Waals surface area contributed by atoms with E-state index in [1.165, 1.54) is 50.6 Å². The van der Waals surface area contributed by atoms with Crippen LogP contribution in [0.25, 0.3) is 0 Å². The van der Waals surface area contributed by atoms with Crippen LogP contribution in [0.2, 0.25) is 0 Å². The van der Waals surface area contributed by atoms with E-state index in [9.17, 15) is 18.3 Å². The van der Waals surface area contributed by atoms with Crippen LogP contribution in [0, 0.1) is 42.4 Å². The molecule has 7 unspecified atom stereocenters. The zero-order valence-corrected chi connectivity index (χ0v) is 34.6. The van der Waals surface area contributed by atoms with Crippen LogP contribution in [0.4, 0.5) is 0 Å². The Bertz CT molecular complexity index is 1870. The number of fused-ring (bicyclic) bond motifs is 5. The molecular weight excluding hydrogens is 762 g/mol. The van der Waals surface area contributed by atoms with Gasteiger partial charge in [-0.2, -0.15) is 8.42 Å². The van der Waals surface area contributed by atoms with Gasteiger partial charge in [-0.05, 0) is 99.3 Å². The number of halogens is 1. The Morgan fingerprint density at radius 3 is 2.21 bits per heavy atom. The highest BCUT2D eigenvalue weighted by molar-refractivity contribution is 7.86. The summed E-state index contributed by atoms with van der Waals surface area (Å²) in [4.78, 5) is 17.6. The van der Waals surface area contributed by atoms with Gasteiger partial charge in [-0.25, -0.2) is 0 Å². The Hall–Kier alpha value is -2.87. The summed E-state index contributed by atoms with van der Waals surface area (Å²) in [5, 5.41) is 21.9.